The lowest BCUT2D eigenvalue weighted by atomic mass is 10.1. The predicted molar refractivity (Wildman–Crippen MR) is 102 cm³/mol. The summed E-state index contributed by atoms with van der Waals surface area (Å²) in [5.74, 6) is 0.845. The quantitative estimate of drug-likeness (QED) is 0.846. The second-order valence-corrected chi connectivity index (χ2v) is 5.99. The van der Waals surface area contributed by atoms with Gasteiger partial charge >= 0.3 is 0 Å². The molecule has 0 aromatic heterocycles. The molecule has 0 saturated heterocycles. The van der Waals surface area contributed by atoms with Crippen LogP contribution < -0.4 is 24.4 Å². The molecule has 7 nitrogen and oxygen atoms in total. The molecule has 1 N–H and O–H groups in total. The molecule has 1 heterocycles. The molecule has 1 aliphatic rings. The summed E-state index contributed by atoms with van der Waals surface area (Å²) in [6, 6.07) is 8.73. The molecule has 1 aliphatic heterocycles. The van der Waals surface area contributed by atoms with E-state index in [1.807, 2.05) is 19.1 Å². The third-order valence-electron chi connectivity index (χ3n) is 4.54. The van der Waals surface area contributed by atoms with Crippen molar-refractivity contribution < 1.29 is 23.8 Å². The minimum Gasteiger partial charge on any atom is -0.493 e. The average molecular weight is 370 g/mol. The lowest BCUT2D eigenvalue weighted by Crippen LogP contribution is -2.25. The van der Waals surface area contributed by atoms with Crippen LogP contribution in [0.2, 0.25) is 0 Å². The van der Waals surface area contributed by atoms with Crippen molar-refractivity contribution in [1.29, 1.82) is 0 Å². The van der Waals surface area contributed by atoms with E-state index in [9.17, 15) is 9.59 Å². The molecule has 3 rings (SSSR count). The van der Waals surface area contributed by atoms with Gasteiger partial charge in [0.2, 0.25) is 11.7 Å². The second-order valence-electron chi connectivity index (χ2n) is 5.99. The highest BCUT2D eigenvalue weighted by Gasteiger charge is 2.26. The van der Waals surface area contributed by atoms with Crippen molar-refractivity contribution >= 4 is 23.2 Å². The average Bonchev–Trinajstić information content (AvgIpc) is 3.00. The Labute approximate surface area is 157 Å². The fraction of sp³-hybridized carbons (Fsp3) is 0.300. The molecule has 0 unspecified atom stereocenters. The van der Waals surface area contributed by atoms with Gasteiger partial charge in [-0.15, -0.1) is 0 Å². The van der Waals surface area contributed by atoms with Crippen LogP contribution in [0.1, 0.15) is 22.8 Å². The fourth-order valence-corrected chi connectivity index (χ4v) is 3.29. The Kier molecular flexibility index (Phi) is 5.21. The molecule has 0 spiro atoms. The number of carbonyl (C=O) groups is 2. The lowest BCUT2D eigenvalue weighted by Gasteiger charge is -2.16. The van der Waals surface area contributed by atoms with Gasteiger partial charge in [-0.2, -0.15) is 0 Å². The number of fused-ring (bicyclic) bond motifs is 1. The molecular weight excluding hydrogens is 348 g/mol. The molecule has 0 aliphatic carbocycles. The number of carbonyl (C=O) groups excluding carboxylic acids is 2. The molecule has 0 radical (unpaired) electrons. The first-order valence-electron chi connectivity index (χ1n) is 8.57. The molecule has 0 bridgehead atoms. The van der Waals surface area contributed by atoms with Crippen LogP contribution in [-0.4, -0.2) is 39.7 Å². The van der Waals surface area contributed by atoms with Crippen LogP contribution in [0.15, 0.2) is 30.3 Å². The van der Waals surface area contributed by atoms with Crippen molar-refractivity contribution in [3.63, 3.8) is 0 Å². The number of benzene rings is 2. The van der Waals surface area contributed by atoms with Crippen molar-refractivity contribution in [2.24, 2.45) is 0 Å². The Hall–Kier alpha value is -3.22. The van der Waals surface area contributed by atoms with E-state index in [1.54, 1.807) is 23.1 Å². The van der Waals surface area contributed by atoms with E-state index >= 15 is 0 Å². The van der Waals surface area contributed by atoms with E-state index in [0.29, 0.717) is 41.5 Å². The zero-order valence-electron chi connectivity index (χ0n) is 15.8. The van der Waals surface area contributed by atoms with Crippen LogP contribution in [0.25, 0.3) is 0 Å². The monoisotopic (exact) mass is 370 g/mol. The third-order valence-corrected chi connectivity index (χ3v) is 4.54. The molecule has 7 heteroatoms. The molecule has 0 atom stereocenters. The number of nitrogens with zero attached hydrogens (tertiary/aromatic N) is 1. The van der Waals surface area contributed by atoms with E-state index in [1.165, 1.54) is 21.3 Å². The van der Waals surface area contributed by atoms with Crippen LogP contribution in [0, 0.1) is 0 Å². The van der Waals surface area contributed by atoms with Gasteiger partial charge in [-0.25, -0.2) is 0 Å². The Balaban J connectivity index is 1.89. The van der Waals surface area contributed by atoms with E-state index in [2.05, 4.69) is 5.32 Å². The largest absolute Gasteiger partial charge is 0.493 e. The van der Waals surface area contributed by atoms with Gasteiger partial charge in [0, 0.05) is 17.9 Å². The van der Waals surface area contributed by atoms with Gasteiger partial charge in [0.05, 0.1) is 33.3 Å². The summed E-state index contributed by atoms with van der Waals surface area (Å²) in [7, 11) is 4.47. The van der Waals surface area contributed by atoms with Crippen molar-refractivity contribution in [2.75, 3.05) is 38.1 Å². The SMILES string of the molecule is CCN1C(=O)Cc2cc(NC(=O)c3ccc(OC)c(OC)c3OC)ccc21. The summed E-state index contributed by atoms with van der Waals surface area (Å²) in [5, 5.41) is 2.85. The summed E-state index contributed by atoms with van der Waals surface area (Å²) in [5.41, 5.74) is 2.73. The number of nitrogens with one attached hydrogen (secondary N) is 1. The Morgan fingerprint density at radius 3 is 2.44 bits per heavy atom. The smallest absolute Gasteiger partial charge is 0.259 e. The highest BCUT2D eigenvalue weighted by atomic mass is 16.5. The minimum atomic E-state index is -0.343. The van der Waals surface area contributed by atoms with E-state index in [4.69, 9.17) is 14.2 Å². The number of ether oxygens (including phenoxy) is 3. The number of anilines is 2. The van der Waals surface area contributed by atoms with Gasteiger partial charge in [-0.3, -0.25) is 9.59 Å². The molecular formula is C20H22N2O5. The van der Waals surface area contributed by atoms with E-state index in [0.717, 1.165) is 11.3 Å². The van der Waals surface area contributed by atoms with Gasteiger partial charge in [0.25, 0.3) is 5.91 Å². The van der Waals surface area contributed by atoms with Gasteiger partial charge in [0.1, 0.15) is 0 Å². The molecule has 2 aromatic rings. The zero-order chi connectivity index (χ0) is 19.6. The first-order chi connectivity index (χ1) is 13.0. The molecule has 142 valence electrons. The summed E-state index contributed by atoms with van der Waals surface area (Å²) >= 11 is 0. The van der Waals surface area contributed by atoms with Crippen LogP contribution in [0.3, 0.4) is 0 Å². The van der Waals surface area contributed by atoms with Crippen molar-refractivity contribution in [3.05, 3.63) is 41.5 Å². The van der Waals surface area contributed by atoms with Crippen molar-refractivity contribution in [3.8, 4) is 17.2 Å². The van der Waals surface area contributed by atoms with Crippen molar-refractivity contribution in [1.82, 2.24) is 0 Å². The number of methoxy groups -OCH3 is 3. The Morgan fingerprint density at radius 2 is 1.81 bits per heavy atom. The van der Waals surface area contributed by atoms with Gasteiger partial charge < -0.3 is 24.4 Å². The molecule has 0 fully saturated rings. The normalized spacial score (nSPS) is 12.6. The van der Waals surface area contributed by atoms with E-state index in [-0.39, 0.29) is 11.8 Å². The first-order valence-corrected chi connectivity index (χ1v) is 8.57. The highest BCUT2D eigenvalue weighted by molar-refractivity contribution is 6.08. The maximum Gasteiger partial charge on any atom is 0.259 e. The lowest BCUT2D eigenvalue weighted by molar-refractivity contribution is -0.117. The zero-order valence-corrected chi connectivity index (χ0v) is 15.8. The maximum absolute atomic E-state index is 12.8. The predicted octanol–water partition coefficient (Wildman–Crippen LogP) is 2.87. The molecule has 0 saturated carbocycles. The Bertz CT molecular complexity index is 894. The summed E-state index contributed by atoms with van der Waals surface area (Å²) in [6.45, 7) is 2.56. The number of rotatable bonds is 6. The third kappa shape index (κ3) is 3.28. The first kappa shape index (κ1) is 18.6. The fourth-order valence-electron chi connectivity index (χ4n) is 3.29. The van der Waals surface area contributed by atoms with Crippen LogP contribution in [0.5, 0.6) is 17.2 Å². The van der Waals surface area contributed by atoms with Gasteiger partial charge in [0.15, 0.2) is 11.5 Å². The molecule has 2 aromatic carbocycles. The topological polar surface area (TPSA) is 77.1 Å². The Morgan fingerprint density at radius 1 is 1.07 bits per heavy atom. The van der Waals surface area contributed by atoms with E-state index < -0.39 is 0 Å². The minimum absolute atomic E-state index is 0.0672. The van der Waals surface area contributed by atoms with Gasteiger partial charge in [-0.1, -0.05) is 0 Å². The number of hydrogen-bond acceptors (Lipinski definition) is 5. The summed E-state index contributed by atoms with van der Waals surface area (Å²) < 4.78 is 15.9. The molecule has 2 amide bonds. The number of amides is 2. The van der Waals surface area contributed by atoms with Gasteiger partial charge in [-0.05, 0) is 42.8 Å². The second kappa shape index (κ2) is 7.57. The van der Waals surface area contributed by atoms with Crippen molar-refractivity contribution in [2.45, 2.75) is 13.3 Å². The number of hydrogen-bond donors (Lipinski definition) is 1. The van der Waals surface area contributed by atoms with Crippen LogP contribution in [0.4, 0.5) is 11.4 Å². The summed E-state index contributed by atoms with van der Waals surface area (Å²) in [6.07, 6.45) is 0.340. The standard InChI is InChI=1S/C20H22N2O5/c1-5-22-15-8-6-13(10-12(15)11-17(22)23)21-20(24)14-7-9-16(25-2)19(27-4)18(14)26-3/h6-10H,5,11H2,1-4H3,(H,21,24). The highest BCUT2D eigenvalue weighted by Crippen LogP contribution is 2.40. The summed E-state index contributed by atoms with van der Waals surface area (Å²) in [4.78, 5) is 26.5. The number of likely N-dealkylation sites (N-methyl/N-ethyl adjacent to an activating group) is 1. The molecule has 27 heavy (non-hydrogen) atoms. The van der Waals surface area contributed by atoms with Crippen LogP contribution in [-0.2, 0) is 11.2 Å². The van der Waals surface area contributed by atoms with Crippen LogP contribution >= 0.6 is 0 Å². The maximum atomic E-state index is 12.8.